The van der Waals surface area contributed by atoms with E-state index in [0.29, 0.717) is 0 Å². The van der Waals surface area contributed by atoms with Crippen LogP contribution in [-0.4, -0.2) is 19.3 Å². The van der Waals surface area contributed by atoms with Crippen molar-refractivity contribution in [3.63, 3.8) is 0 Å². The van der Waals surface area contributed by atoms with Crippen LogP contribution >= 0.6 is 0 Å². The minimum absolute atomic E-state index is 0.126. The van der Waals surface area contributed by atoms with E-state index in [9.17, 15) is 5.11 Å². The highest BCUT2D eigenvalue weighted by atomic mass is 28.3. The summed E-state index contributed by atoms with van der Waals surface area (Å²) in [6, 6.07) is 0. The lowest BCUT2D eigenvalue weighted by Gasteiger charge is -2.34. The second-order valence-corrected chi connectivity index (χ2v) is 10.4. The van der Waals surface area contributed by atoms with Gasteiger partial charge < -0.3 is 5.11 Å². The molecule has 0 aliphatic heterocycles. The Labute approximate surface area is 88.9 Å². The van der Waals surface area contributed by atoms with Crippen molar-refractivity contribution in [3.05, 3.63) is 0 Å². The van der Waals surface area contributed by atoms with Gasteiger partial charge in [-0.15, -0.1) is 11.5 Å². The van der Waals surface area contributed by atoms with Crippen molar-refractivity contribution in [2.45, 2.75) is 58.4 Å². The molecule has 2 unspecified atom stereocenters. The lowest BCUT2D eigenvalue weighted by atomic mass is 9.74. The first-order chi connectivity index (χ1) is 6.33. The molecule has 1 nitrogen and oxygen atoms in total. The number of hydrogen-bond acceptors (Lipinski definition) is 1. The van der Waals surface area contributed by atoms with Crippen molar-refractivity contribution in [1.82, 2.24) is 0 Å². The Kier molecular flexibility index (Phi) is 3.44. The first-order valence-electron chi connectivity index (χ1n) is 5.56. The lowest BCUT2D eigenvalue weighted by Crippen LogP contribution is -2.34. The predicted octanol–water partition coefficient (Wildman–Crippen LogP) is 2.81. The Morgan fingerprint density at radius 3 is 2.43 bits per heavy atom. The first kappa shape index (κ1) is 11.8. The Balaban J connectivity index is 2.76. The van der Waals surface area contributed by atoms with E-state index in [1.807, 2.05) is 0 Å². The van der Waals surface area contributed by atoms with Gasteiger partial charge in [0.1, 0.15) is 8.07 Å². The van der Waals surface area contributed by atoms with E-state index >= 15 is 0 Å². The largest absolute Gasteiger partial charge is 0.392 e. The maximum atomic E-state index is 9.94. The average Bonchev–Trinajstić information content (AvgIpc) is 2.06. The Hall–Kier alpha value is -0.263. The van der Waals surface area contributed by atoms with Crippen LogP contribution in [0.1, 0.15) is 32.6 Å². The fourth-order valence-corrected chi connectivity index (χ4v) is 2.45. The maximum Gasteiger partial charge on any atom is 0.129 e. The third-order valence-corrected chi connectivity index (χ3v) is 3.76. The fourth-order valence-electron chi connectivity index (χ4n) is 1.79. The van der Waals surface area contributed by atoms with E-state index in [1.165, 1.54) is 6.42 Å². The molecule has 0 radical (unpaired) electrons. The van der Waals surface area contributed by atoms with Crippen LogP contribution in [0.15, 0.2) is 0 Å². The third kappa shape index (κ3) is 3.15. The molecule has 0 saturated heterocycles. The van der Waals surface area contributed by atoms with Gasteiger partial charge >= 0.3 is 0 Å². The zero-order valence-corrected chi connectivity index (χ0v) is 10.9. The molecule has 2 atom stereocenters. The first-order valence-corrected chi connectivity index (χ1v) is 9.06. The molecule has 0 heterocycles. The molecule has 0 aromatic carbocycles. The molecule has 1 fully saturated rings. The molecule has 1 N–H and O–H groups in total. The molecule has 2 heteroatoms. The van der Waals surface area contributed by atoms with Gasteiger partial charge in [-0.25, -0.2) is 0 Å². The second-order valence-electron chi connectivity index (χ2n) is 5.68. The summed E-state index contributed by atoms with van der Waals surface area (Å²) < 4.78 is 0. The van der Waals surface area contributed by atoms with Crippen LogP contribution in [0.2, 0.25) is 19.6 Å². The highest BCUT2D eigenvalue weighted by Crippen LogP contribution is 2.35. The van der Waals surface area contributed by atoms with Gasteiger partial charge in [-0.2, -0.15) is 0 Å². The number of aliphatic hydroxyl groups is 1. The molecule has 0 bridgehead atoms. The van der Waals surface area contributed by atoms with Gasteiger partial charge in [0, 0.05) is 0 Å². The topological polar surface area (TPSA) is 20.2 Å². The summed E-state index contributed by atoms with van der Waals surface area (Å²) in [5, 5.41) is 9.94. The van der Waals surface area contributed by atoms with Gasteiger partial charge in [0.25, 0.3) is 0 Å². The van der Waals surface area contributed by atoms with Crippen LogP contribution in [0.3, 0.4) is 0 Å². The normalized spacial score (nSPS) is 33.4. The summed E-state index contributed by atoms with van der Waals surface area (Å²) >= 11 is 0. The predicted molar refractivity (Wildman–Crippen MR) is 63.7 cm³/mol. The summed E-state index contributed by atoms with van der Waals surface area (Å²) in [6.07, 6.45) is 4.15. The van der Waals surface area contributed by atoms with Crippen molar-refractivity contribution in [3.8, 4) is 11.5 Å². The van der Waals surface area contributed by atoms with Crippen molar-refractivity contribution in [2.75, 3.05) is 0 Å². The number of hydrogen-bond donors (Lipinski definition) is 1. The van der Waals surface area contributed by atoms with Crippen LogP contribution in [-0.2, 0) is 0 Å². The highest BCUT2D eigenvalue weighted by Gasteiger charge is 2.33. The van der Waals surface area contributed by atoms with E-state index in [-0.39, 0.29) is 11.5 Å². The quantitative estimate of drug-likeness (QED) is 0.481. The minimum Gasteiger partial charge on any atom is -0.392 e. The average molecular weight is 210 g/mol. The van der Waals surface area contributed by atoms with Crippen LogP contribution in [0.5, 0.6) is 0 Å². The van der Waals surface area contributed by atoms with Crippen molar-refractivity contribution < 1.29 is 5.11 Å². The standard InChI is InChI=1S/C12H22OSi/c1-12(9-10-14(2,3)4)8-6-5-7-11(12)13/h11,13H,5-8H2,1-4H3. The molecular formula is C12H22OSi. The van der Waals surface area contributed by atoms with Crippen molar-refractivity contribution in [1.29, 1.82) is 0 Å². The number of rotatable bonds is 0. The molecule has 0 spiro atoms. The highest BCUT2D eigenvalue weighted by molar-refractivity contribution is 6.83. The molecular weight excluding hydrogens is 188 g/mol. The van der Waals surface area contributed by atoms with Crippen LogP contribution < -0.4 is 0 Å². The van der Waals surface area contributed by atoms with Gasteiger partial charge in [0.15, 0.2) is 0 Å². The molecule has 1 aliphatic carbocycles. The number of aliphatic hydroxyl groups excluding tert-OH is 1. The zero-order valence-electron chi connectivity index (χ0n) is 9.85. The second kappa shape index (κ2) is 4.08. The molecule has 80 valence electrons. The fraction of sp³-hybridized carbons (Fsp3) is 0.833. The van der Waals surface area contributed by atoms with E-state index in [1.54, 1.807) is 0 Å². The summed E-state index contributed by atoms with van der Waals surface area (Å²) in [6.45, 7) is 8.86. The molecule has 1 rings (SSSR count). The SMILES string of the molecule is CC1(C#C[Si](C)(C)C)CCCCC1O. The van der Waals surface area contributed by atoms with Gasteiger partial charge in [-0.05, 0) is 19.8 Å². The summed E-state index contributed by atoms with van der Waals surface area (Å²) in [4.78, 5) is 0. The van der Waals surface area contributed by atoms with Crippen molar-refractivity contribution >= 4 is 8.07 Å². The lowest BCUT2D eigenvalue weighted by molar-refractivity contribution is 0.0390. The maximum absolute atomic E-state index is 9.94. The van der Waals surface area contributed by atoms with Gasteiger partial charge in [-0.1, -0.05) is 32.5 Å². The van der Waals surface area contributed by atoms with Gasteiger partial charge in [-0.3, -0.25) is 0 Å². The van der Waals surface area contributed by atoms with E-state index in [2.05, 4.69) is 38.0 Å². The van der Waals surface area contributed by atoms with E-state index < -0.39 is 8.07 Å². The van der Waals surface area contributed by atoms with Crippen LogP contribution in [0, 0.1) is 16.9 Å². The Morgan fingerprint density at radius 2 is 1.93 bits per heavy atom. The van der Waals surface area contributed by atoms with E-state index in [0.717, 1.165) is 19.3 Å². The van der Waals surface area contributed by atoms with Gasteiger partial charge in [0.05, 0.1) is 11.5 Å². The van der Waals surface area contributed by atoms with Crippen molar-refractivity contribution in [2.24, 2.45) is 5.41 Å². The van der Waals surface area contributed by atoms with Gasteiger partial charge in [0.2, 0.25) is 0 Å². The molecule has 0 aromatic heterocycles. The summed E-state index contributed by atoms with van der Waals surface area (Å²) in [5.74, 6) is 3.35. The van der Waals surface area contributed by atoms with E-state index in [4.69, 9.17) is 0 Å². The smallest absolute Gasteiger partial charge is 0.129 e. The molecule has 0 aromatic rings. The molecule has 14 heavy (non-hydrogen) atoms. The molecule has 1 aliphatic rings. The summed E-state index contributed by atoms with van der Waals surface area (Å²) in [7, 11) is -1.29. The monoisotopic (exact) mass is 210 g/mol. The molecule has 0 amide bonds. The zero-order chi connectivity index (χ0) is 10.8. The minimum atomic E-state index is -1.29. The summed E-state index contributed by atoms with van der Waals surface area (Å²) in [5.41, 5.74) is 3.26. The van der Waals surface area contributed by atoms with Crippen LogP contribution in [0.4, 0.5) is 0 Å². The third-order valence-electron chi connectivity index (χ3n) is 2.88. The molecule has 1 saturated carbocycles. The Morgan fingerprint density at radius 1 is 1.29 bits per heavy atom. The Bertz CT molecular complexity index is 256. The van der Waals surface area contributed by atoms with Crippen LogP contribution in [0.25, 0.3) is 0 Å².